The van der Waals surface area contributed by atoms with Crippen LogP contribution in [-0.4, -0.2) is 28.6 Å². The van der Waals surface area contributed by atoms with Gasteiger partial charge in [-0.2, -0.15) is 0 Å². The number of phenolic OH excluding ortho intramolecular Hbond substituents is 2. The third-order valence-electron chi connectivity index (χ3n) is 8.46. The standard InChI is InChI=1S/C40H63N2O4/c1-37(2,3)29-23-27(24-30(35(29)45)38(4,5)6)17-19-33(43)41-21-15-13-14-16-22-42-34(44)20-18-28-25-31(39(7,8)9)36(46)32(26-28)40(10,11)12/h21,23-26,45-46H,13-20,22H2,1-12H3,(H,41,43)(H,42,44). The maximum Gasteiger partial charge on any atom is 0.220 e. The molecule has 6 nitrogen and oxygen atoms in total. The summed E-state index contributed by atoms with van der Waals surface area (Å²) in [5, 5.41) is 27.8. The maximum absolute atomic E-state index is 12.5. The van der Waals surface area contributed by atoms with Crippen LogP contribution >= 0.6 is 0 Å². The second-order valence-electron chi connectivity index (χ2n) is 17.1. The number of aromatic hydroxyl groups is 2. The second-order valence-corrected chi connectivity index (χ2v) is 17.1. The Kier molecular flexibility index (Phi) is 13.4. The summed E-state index contributed by atoms with van der Waals surface area (Å²) in [5.41, 5.74) is 5.05. The van der Waals surface area contributed by atoms with Gasteiger partial charge < -0.3 is 20.8 Å². The van der Waals surface area contributed by atoms with Gasteiger partial charge >= 0.3 is 0 Å². The molecule has 1 radical (unpaired) electrons. The van der Waals surface area contributed by atoms with Crippen LogP contribution in [0.1, 0.15) is 155 Å². The fourth-order valence-electron chi connectivity index (χ4n) is 5.60. The highest BCUT2D eigenvalue weighted by molar-refractivity contribution is 5.77. The first-order chi connectivity index (χ1) is 21.0. The van der Waals surface area contributed by atoms with Crippen molar-refractivity contribution in [1.29, 1.82) is 0 Å². The fraction of sp³-hybridized carbons (Fsp3) is 0.625. The van der Waals surface area contributed by atoms with Crippen molar-refractivity contribution in [3.63, 3.8) is 0 Å². The van der Waals surface area contributed by atoms with Gasteiger partial charge in [-0.3, -0.25) is 9.59 Å². The molecule has 46 heavy (non-hydrogen) atoms. The van der Waals surface area contributed by atoms with Crippen LogP contribution < -0.4 is 10.6 Å². The van der Waals surface area contributed by atoms with E-state index >= 15 is 0 Å². The van der Waals surface area contributed by atoms with Gasteiger partial charge in [0.1, 0.15) is 11.5 Å². The highest BCUT2D eigenvalue weighted by atomic mass is 16.3. The van der Waals surface area contributed by atoms with Gasteiger partial charge in [0.05, 0.1) is 0 Å². The predicted octanol–water partition coefficient (Wildman–Crippen LogP) is 8.81. The quantitative estimate of drug-likeness (QED) is 0.165. The first-order valence-corrected chi connectivity index (χ1v) is 17.1. The molecular formula is C40H63N2O4. The summed E-state index contributed by atoms with van der Waals surface area (Å²) >= 11 is 0. The average molecular weight is 636 g/mol. The molecule has 257 valence electrons. The monoisotopic (exact) mass is 635 g/mol. The fourth-order valence-corrected chi connectivity index (χ4v) is 5.60. The summed E-state index contributed by atoms with van der Waals surface area (Å²) in [6, 6.07) is 8.18. The Morgan fingerprint density at radius 2 is 0.957 bits per heavy atom. The number of aryl methyl sites for hydroxylation is 2. The highest BCUT2D eigenvalue weighted by Gasteiger charge is 2.28. The van der Waals surface area contributed by atoms with Gasteiger partial charge in [0.25, 0.3) is 0 Å². The normalized spacial score (nSPS) is 12.7. The van der Waals surface area contributed by atoms with E-state index in [1.165, 1.54) is 0 Å². The molecule has 2 rings (SSSR count). The van der Waals surface area contributed by atoms with Crippen LogP contribution in [0.25, 0.3) is 0 Å². The molecule has 0 aliphatic carbocycles. The van der Waals surface area contributed by atoms with Crippen molar-refractivity contribution in [2.75, 3.05) is 6.54 Å². The average Bonchev–Trinajstić information content (AvgIpc) is 2.90. The molecule has 4 N–H and O–H groups in total. The molecule has 0 saturated carbocycles. The number of nitrogens with one attached hydrogen (secondary N) is 2. The Bertz CT molecular complexity index is 1160. The van der Waals surface area contributed by atoms with Gasteiger partial charge in [-0.15, -0.1) is 0 Å². The Balaban J connectivity index is 1.71. The van der Waals surface area contributed by atoms with E-state index in [1.54, 1.807) is 0 Å². The summed E-state index contributed by atoms with van der Waals surface area (Å²) in [6.07, 6.45) is 5.64. The molecule has 2 amide bonds. The summed E-state index contributed by atoms with van der Waals surface area (Å²) in [6.45, 7) is 27.6. The molecule has 0 atom stereocenters. The lowest BCUT2D eigenvalue weighted by molar-refractivity contribution is -0.121. The van der Waals surface area contributed by atoms with Gasteiger partial charge in [0.15, 0.2) is 0 Å². The van der Waals surface area contributed by atoms with E-state index in [9.17, 15) is 19.8 Å². The minimum absolute atomic E-state index is 0.00664. The molecule has 0 fully saturated rings. The molecule has 0 aliphatic heterocycles. The van der Waals surface area contributed by atoms with Gasteiger partial charge in [0, 0.05) is 25.9 Å². The number of carbonyl (C=O) groups excluding carboxylic acids is 2. The third kappa shape index (κ3) is 12.0. The molecule has 0 saturated heterocycles. The number of hydrogen-bond acceptors (Lipinski definition) is 4. The van der Waals surface area contributed by atoms with Gasteiger partial charge in [0.2, 0.25) is 11.8 Å². The number of benzene rings is 2. The highest BCUT2D eigenvalue weighted by Crippen LogP contribution is 2.41. The molecule has 0 bridgehead atoms. The topological polar surface area (TPSA) is 98.7 Å². The number of rotatable bonds is 13. The molecule has 0 spiro atoms. The summed E-state index contributed by atoms with van der Waals surface area (Å²) in [5.74, 6) is 0.760. The summed E-state index contributed by atoms with van der Waals surface area (Å²) in [7, 11) is 0. The summed E-state index contributed by atoms with van der Waals surface area (Å²) < 4.78 is 0. The minimum atomic E-state index is -0.195. The van der Waals surface area contributed by atoms with Crippen LogP contribution in [0, 0.1) is 6.54 Å². The molecule has 2 aromatic carbocycles. The van der Waals surface area contributed by atoms with E-state index in [4.69, 9.17) is 0 Å². The maximum atomic E-state index is 12.5. The summed E-state index contributed by atoms with van der Waals surface area (Å²) in [4.78, 5) is 25.1. The van der Waals surface area contributed by atoms with Crippen molar-refractivity contribution in [2.24, 2.45) is 0 Å². The van der Waals surface area contributed by atoms with Crippen molar-refractivity contribution in [3.8, 4) is 11.5 Å². The number of carbonyl (C=O) groups is 2. The molecule has 6 heteroatoms. The van der Waals surface area contributed by atoms with Gasteiger partial charge in [-0.25, -0.2) is 0 Å². The van der Waals surface area contributed by atoms with E-state index in [0.717, 1.165) is 59.1 Å². The van der Waals surface area contributed by atoms with E-state index in [-0.39, 0.29) is 33.5 Å². The van der Waals surface area contributed by atoms with Crippen LogP contribution in [0.15, 0.2) is 24.3 Å². The zero-order valence-electron chi connectivity index (χ0n) is 31.0. The molecule has 0 aromatic heterocycles. The first kappa shape index (κ1) is 39.2. The van der Waals surface area contributed by atoms with E-state index < -0.39 is 0 Å². The van der Waals surface area contributed by atoms with Crippen molar-refractivity contribution in [2.45, 2.75) is 156 Å². The largest absolute Gasteiger partial charge is 0.507 e. The predicted molar refractivity (Wildman–Crippen MR) is 192 cm³/mol. The Labute approximate surface area is 280 Å². The van der Waals surface area contributed by atoms with Crippen molar-refractivity contribution >= 4 is 11.8 Å². The molecule has 0 aliphatic rings. The smallest absolute Gasteiger partial charge is 0.220 e. The lowest BCUT2D eigenvalue weighted by atomic mass is 9.78. The van der Waals surface area contributed by atoms with Crippen LogP contribution in [0.4, 0.5) is 0 Å². The van der Waals surface area contributed by atoms with Crippen LogP contribution in [-0.2, 0) is 44.1 Å². The number of phenols is 2. The Morgan fingerprint density at radius 3 is 1.33 bits per heavy atom. The number of unbranched alkanes of at least 4 members (excludes halogenated alkanes) is 3. The van der Waals surface area contributed by atoms with E-state index in [0.29, 0.717) is 43.7 Å². The van der Waals surface area contributed by atoms with Crippen LogP contribution in [0.5, 0.6) is 11.5 Å². The SMILES string of the molecule is CC(C)(C)c1cc(CCC(=O)N[CH]CCCCCNC(=O)CCc2cc(C(C)(C)C)c(O)c(C(C)(C)C)c2)cc(C(C)(C)C)c1O. The van der Waals surface area contributed by atoms with Crippen LogP contribution in [0.2, 0.25) is 0 Å². The van der Waals surface area contributed by atoms with Gasteiger partial charge in [-0.1, -0.05) is 120 Å². The van der Waals surface area contributed by atoms with E-state index in [1.807, 2.05) is 30.8 Å². The third-order valence-corrected chi connectivity index (χ3v) is 8.46. The van der Waals surface area contributed by atoms with E-state index in [2.05, 4.69) is 93.7 Å². The zero-order valence-corrected chi connectivity index (χ0v) is 31.0. The Morgan fingerprint density at radius 1 is 0.587 bits per heavy atom. The first-order valence-electron chi connectivity index (χ1n) is 17.1. The second kappa shape index (κ2) is 15.7. The van der Waals surface area contributed by atoms with Crippen molar-refractivity contribution in [3.05, 3.63) is 64.2 Å². The molecule has 0 unspecified atom stereocenters. The Hall–Kier alpha value is -3.02. The number of amides is 2. The molecular weight excluding hydrogens is 572 g/mol. The van der Waals surface area contributed by atoms with Crippen molar-refractivity contribution < 1.29 is 19.8 Å². The number of hydrogen-bond donors (Lipinski definition) is 4. The lowest BCUT2D eigenvalue weighted by Gasteiger charge is -2.28. The van der Waals surface area contributed by atoms with Crippen LogP contribution in [0.3, 0.4) is 0 Å². The minimum Gasteiger partial charge on any atom is -0.507 e. The zero-order chi connectivity index (χ0) is 35.1. The lowest BCUT2D eigenvalue weighted by Crippen LogP contribution is -2.25. The van der Waals surface area contributed by atoms with Crippen molar-refractivity contribution in [1.82, 2.24) is 10.6 Å². The molecule has 2 aromatic rings. The van der Waals surface area contributed by atoms with Gasteiger partial charge in [-0.05, 0) is 80.7 Å². The molecule has 0 heterocycles.